The number of benzene rings is 1. The highest BCUT2D eigenvalue weighted by atomic mass is 16.3. The molecule has 0 aliphatic heterocycles. The first-order chi connectivity index (χ1) is 9.35. The van der Waals surface area contributed by atoms with Crippen LogP contribution in [0.2, 0.25) is 0 Å². The van der Waals surface area contributed by atoms with Crippen molar-refractivity contribution in [3.8, 4) is 0 Å². The molecule has 20 heavy (non-hydrogen) atoms. The van der Waals surface area contributed by atoms with Crippen LogP contribution in [0, 0.1) is 5.92 Å². The summed E-state index contributed by atoms with van der Waals surface area (Å²) in [6, 6.07) is 8.67. The Morgan fingerprint density at radius 1 is 1.10 bits per heavy atom. The van der Waals surface area contributed by atoms with Crippen molar-refractivity contribution in [2.45, 2.75) is 77.2 Å². The lowest BCUT2D eigenvalue weighted by molar-refractivity contribution is 0.0196. The maximum atomic E-state index is 11.0. The summed E-state index contributed by atoms with van der Waals surface area (Å²) in [5, 5.41) is 11.0. The molecular formula is C19H30O. The zero-order valence-corrected chi connectivity index (χ0v) is 13.6. The summed E-state index contributed by atoms with van der Waals surface area (Å²) in [7, 11) is 0. The monoisotopic (exact) mass is 274 g/mol. The first-order valence-corrected chi connectivity index (χ1v) is 8.18. The van der Waals surface area contributed by atoms with Crippen LogP contribution < -0.4 is 0 Å². The van der Waals surface area contributed by atoms with Crippen molar-refractivity contribution in [1.29, 1.82) is 0 Å². The quantitative estimate of drug-likeness (QED) is 0.738. The summed E-state index contributed by atoms with van der Waals surface area (Å²) in [6.45, 7) is 8.96. The van der Waals surface area contributed by atoms with Gasteiger partial charge >= 0.3 is 0 Å². The summed E-state index contributed by atoms with van der Waals surface area (Å²) in [5.74, 6) is 0.804. The van der Waals surface area contributed by atoms with Crippen molar-refractivity contribution in [3.05, 3.63) is 35.4 Å². The molecule has 1 aromatic rings. The van der Waals surface area contributed by atoms with Gasteiger partial charge in [0.05, 0.1) is 5.60 Å². The van der Waals surface area contributed by atoms with Gasteiger partial charge in [-0.15, -0.1) is 0 Å². The fraction of sp³-hybridized carbons (Fsp3) is 0.684. The Morgan fingerprint density at radius 3 is 2.30 bits per heavy atom. The third-order valence-electron chi connectivity index (χ3n) is 5.03. The minimum Gasteiger partial charge on any atom is -0.385 e. The van der Waals surface area contributed by atoms with Gasteiger partial charge in [-0.2, -0.15) is 0 Å². The number of aliphatic hydroxyl groups is 1. The normalized spacial score (nSPS) is 28.1. The van der Waals surface area contributed by atoms with Gasteiger partial charge in [0, 0.05) is 0 Å². The molecule has 0 spiro atoms. The standard InChI is InChI=1S/C19H30O/c1-5-15-7-6-13-19(20,14-12-15)17-10-8-16(9-11-17)18(2,3)4/h8-11,15,20H,5-7,12-14H2,1-4H3. The minimum atomic E-state index is -0.597. The molecule has 0 saturated heterocycles. The van der Waals surface area contributed by atoms with Crippen molar-refractivity contribution >= 4 is 0 Å². The maximum absolute atomic E-state index is 11.0. The molecule has 1 heteroatoms. The Bertz CT molecular complexity index is 426. The Kier molecular flexibility index (Phi) is 4.59. The smallest absolute Gasteiger partial charge is 0.0896 e. The average Bonchev–Trinajstić information content (AvgIpc) is 2.61. The second kappa shape index (κ2) is 5.89. The van der Waals surface area contributed by atoms with E-state index >= 15 is 0 Å². The van der Waals surface area contributed by atoms with E-state index in [9.17, 15) is 5.11 Å². The summed E-state index contributed by atoms with van der Waals surface area (Å²) in [5.41, 5.74) is 2.03. The zero-order chi connectivity index (χ0) is 14.8. The van der Waals surface area contributed by atoms with Gasteiger partial charge in [-0.3, -0.25) is 0 Å². The number of hydrogen-bond donors (Lipinski definition) is 1. The van der Waals surface area contributed by atoms with Gasteiger partial charge in [0.15, 0.2) is 0 Å². The largest absolute Gasteiger partial charge is 0.385 e. The topological polar surface area (TPSA) is 20.2 Å². The van der Waals surface area contributed by atoms with Gasteiger partial charge in [-0.05, 0) is 48.1 Å². The van der Waals surface area contributed by atoms with Crippen molar-refractivity contribution in [2.24, 2.45) is 5.92 Å². The molecule has 2 atom stereocenters. The summed E-state index contributed by atoms with van der Waals surface area (Å²) in [6.07, 6.45) is 6.67. The van der Waals surface area contributed by atoms with E-state index in [1.807, 2.05) is 0 Å². The zero-order valence-electron chi connectivity index (χ0n) is 13.6. The van der Waals surface area contributed by atoms with Gasteiger partial charge in [0.2, 0.25) is 0 Å². The van der Waals surface area contributed by atoms with Crippen molar-refractivity contribution in [3.63, 3.8) is 0 Å². The molecule has 0 radical (unpaired) electrons. The molecule has 0 amide bonds. The number of hydrogen-bond acceptors (Lipinski definition) is 1. The van der Waals surface area contributed by atoms with E-state index in [-0.39, 0.29) is 5.41 Å². The Morgan fingerprint density at radius 2 is 1.75 bits per heavy atom. The fourth-order valence-corrected chi connectivity index (χ4v) is 3.37. The first-order valence-electron chi connectivity index (χ1n) is 8.18. The molecule has 1 fully saturated rings. The summed E-state index contributed by atoms with van der Waals surface area (Å²) in [4.78, 5) is 0. The van der Waals surface area contributed by atoms with Gasteiger partial charge in [-0.25, -0.2) is 0 Å². The molecule has 1 saturated carbocycles. The fourth-order valence-electron chi connectivity index (χ4n) is 3.37. The SMILES string of the molecule is CCC1CCCC(O)(c2ccc(C(C)(C)C)cc2)CC1. The van der Waals surface area contributed by atoms with Gasteiger partial charge in [-0.1, -0.05) is 64.8 Å². The van der Waals surface area contributed by atoms with Gasteiger partial charge in [0.25, 0.3) is 0 Å². The highest BCUT2D eigenvalue weighted by Gasteiger charge is 2.32. The van der Waals surface area contributed by atoms with Gasteiger partial charge < -0.3 is 5.11 Å². The van der Waals surface area contributed by atoms with Crippen LogP contribution in [0.1, 0.15) is 77.3 Å². The molecule has 0 heterocycles. The van der Waals surface area contributed by atoms with Crippen LogP contribution in [0.3, 0.4) is 0 Å². The Balaban J connectivity index is 2.17. The van der Waals surface area contributed by atoms with E-state index in [0.717, 1.165) is 37.2 Å². The van der Waals surface area contributed by atoms with Gasteiger partial charge in [0.1, 0.15) is 0 Å². The first kappa shape index (κ1) is 15.6. The molecular weight excluding hydrogens is 244 g/mol. The summed E-state index contributed by atoms with van der Waals surface area (Å²) < 4.78 is 0. The van der Waals surface area contributed by atoms with E-state index in [0.29, 0.717) is 0 Å². The van der Waals surface area contributed by atoms with Crippen molar-refractivity contribution in [2.75, 3.05) is 0 Å². The molecule has 1 aliphatic rings. The predicted molar refractivity (Wildman–Crippen MR) is 85.9 cm³/mol. The second-order valence-electron chi connectivity index (χ2n) is 7.56. The third kappa shape index (κ3) is 3.44. The van der Waals surface area contributed by atoms with Crippen LogP contribution in [-0.4, -0.2) is 5.11 Å². The lowest BCUT2D eigenvalue weighted by Gasteiger charge is -2.28. The van der Waals surface area contributed by atoms with Crippen molar-refractivity contribution < 1.29 is 5.11 Å². The maximum Gasteiger partial charge on any atom is 0.0896 e. The molecule has 2 rings (SSSR count). The second-order valence-corrected chi connectivity index (χ2v) is 7.56. The third-order valence-corrected chi connectivity index (χ3v) is 5.03. The lowest BCUT2D eigenvalue weighted by Crippen LogP contribution is -2.25. The Labute approximate surface area is 124 Å². The highest BCUT2D eigenvalue weighted by molar-refractivity contribution is 5.31. The van der Waals surface area contributed by atoms with Crippen LogP contribution in [0.25, 0.3) is 0 Å². The molecule has 1 aromatic carbocycles. The Hall–Kier alpha value is -0.820. The van der Waals surface area contributed by atoms with E-state index in [4.69, 9.17) is 0 Å². The van der Waals surface area contributed by atoms with E-state index < -0.39 is 5.60 Å². The highest BCUT2D eigenvalue weighted by Crippen LogP contribution is 2.39. The predicted octanol–water partition coefficient (Wildman–Crippen LogP) is 5.16. The molecule has 112 valence electrons. The van der Waals surface area contributed by atoms with Crippen LogP contribution in [0.15, 0.2) is 24.3 Å². The minimum absolute atomic E-state index is 0.178. The molecule has 1 nitrogen and oxygen atoms in total. The molecule has 0 aromatic heterocycles. The van der Waals surface area contributed by atoms with E-state index in [1.165, 1.54) is 18.4 Å². The van der Waals surface area contributed by atoms with Crippen LogP contribution in [0.4, 0.5) is 0 Å². The van der Waals surface area contributed by atoms with Crippen LogP contribution >= 0.6 is 0 Å². The number of rotatable bonds is 2. The molecule has 0 bridgehead atoms. The molecule has 1 N–H and O–H groups in total. The van der Waals surface area contributed by atoms with Crippen LogP contribution in [0.5, 0.6) is 0 Å². The van der Waals surface area contributed by atoms with Crippen molar-refractivity contribution in [1.82, 2.24) is 0 Å². The molecule has 1 aliphatic carbocycles. The van der Waals surface area contributed by atoms with E-state index in [1.54, 1.807) is 0 Å². The van der Waals surface area contributed by atoms with Crippen LogP contribution in [-0.2, 0) is 11.0 Å². The van der Waals surface area contributed by atoms with E-state index in [2.05, 4.69) is 52.0 Å². The lowest BCUT2D eigenvalue weighted by atomic mass is 9.82. The average molecular weight is 274 g/mol. The molecule has 2 unspecified atom stereocenters. The summed E-state index contributed by atoms with van der Waals surface area (Å²) >= 11 is 0.